The molecule has 1 fully saturated rings. The average Bonchev–Trinajstić information content (AvgIpc) is 3.35. The van der Waals surface area contributed by atoms with E-state index in [1.165, 1.54) is 6.20 Å². The molecule has 1 heterocycles. The normalized spacial score (nSPS) is 14.6. The molecule has 0 saturated heterocycles. The Morgan fingerprint density at radius 1 is 1.09 bits per heavy atom. The van der Waals surface area contributed by atoms with E-state index in [4.69, 9.17) is 5.11 Å². The highest BCUT2D eigenvalue weighted by Gasteiger charge is 2.32. The Hall–Kier alpha value is -3.54. The number of carboxylic acids is 1. The summed E-state index contributed by atoms with van der Waals surface area (Å²) >= 11 is 0. The van der Waals surface area contributed by atoms with Crippen LogP contribution in [0.15, 0.2) is 60.8 Å². The number of nitrogens with zero attached hydrogens (tertiary/aromatic N) is 1. The number of rotatable bonds is 8. The minimum atomic E-state index is -0.843. The van der Waals surface area contributed by atoms with Gasteiger partial charge in [-0.15, -0.1) is 0 Å². The van der Waals surface area contributed by atoms with E-state index in [9.17, 15) is 14.0 Å². The highest BCUT2D eigenvalue weighted by Crippen LogP contribution is 2.39. The molecule has 1 aliphatic rings. The van der Waals surface area contributed by atoms with Gasteiger partial charge in [0.25, 0.3) is 0 Å². The second-order valence-corrected chi connectivity index (χ2v) is 8.96. The number of pyridine rings is 1. The largest absolute Gasteiger partial charge is 0.481 e. The predicted octanol–water partition coefficient (Wildman–Crippen LogP) is 6.13. The lowest BCUT2D eigenvalue weighted by molar-refractivity contribution is -0.137. The summed E-state index contributed by atoms with van der Waals surface area (Å²) in [5, 5.41) is 12.1. The molecule has 0 spiro atoms. The molecule has 176 valence electrons. The van der Waals surface area contributed by atoms with Gasteiger partial charge in [0.2, 0.25) is 11.9 Å². The van der Waals surface area contributed by atoms with Gasteiger partial charge in [-0.2, -0.15) is 4.39 Å². The van der Waals surface area contributed by atoms with Crippen molar-refractivity contribution in [2.45, 2.75) is 51.4 Å². The maximum Gasteiger partial charge on any atom is 0.303 e. The number of carbonyl (C=O) groups is 2. The van der Waals surface area contributed by atoms with E-state index in [1.54, 1.807) is 12.1 Å². The molecule has 1 aliphatic carbocycles. The van der Waals surface area contributed by atoms with Crippen LogP contribution >= 0.6 is 0 Å². The zero-order chi connectivity index (χ0) is 24.1. The summed E-state index contributed by atoms with van der Waals surface area (Å²) in [4.78, 5) is 28.3. The minimum absolute atomic E-state index is 0.0484. The molecule has 0 aliphatic heterocycles. The number of aromatic nitrogens is 1. The number of amides is 1. The van der Waals surface area contributed by atoms with Gasteiger partial charge in [0.05, 0.1) is 5.92 Å². The maximum atomic E-state index is 14.1. The van der Waals surface area contributed by atoms with Crippen LogP contribution in [0.25, 0.3) is 11.1 Å². The van der Waals surface area contributed by atoms with Gasteiger partial charge in [0.1, 0.15) is 0 Å². The summed E-state index contributed by atoms with van der Waals surface area (Å²) in [6.45, 7) is 1.91. The molecule has 1 atom stereocenters. The first-order chi connectivity index (χ1) is 16.4. The Labute approximate surface area is 199 Å². The summed E-state index contributed by atoms with van der Waals surface area (Å²) in [6.07, 6.45) is 6.10. The fourth-order valence-corrected chi connectivity index (χ4v) is 4.94. The summed E-state index contributed by atoms with van der Waals surface area (Å²) in [7, 11) is 0. The van der Waals surface area contributed by atoms with Crippen molar-refractivity contribution in [1.82, 2.24) is 4.98 Å². The third-order valence-electron chi connectivity index (χ3n) is 6.81. The lowest BCUT2D eigenvalue weighted by Gasteiger charge is -2.24. The fourth-order valence-electron chi connectivity index (χ4n) is 4.94. The Kier molecular flexibility index (Phi) is 7.36. The molecular weight excluding hydrogens is 431 g/mol. The third-order valence-corrected chi connectivity index (χ3v) is 6.81. The molecule has 6 heteroatoms. The number of aryl methyl sites for hydroxylation is 1. The Morgan fingerprint density at radius 3 is 2.50 bits per heavy atom. The van der Waals surface area contributed by atoms with Crippen molar-refractivity contribution in [2.24, 2.45) is 5.92 Å². The number of nitrogens with one attached hydrogen (secondary N) is 1. The molecule has 1 amide bonds. The van der Waals surface area contributed by atoms with Crippen molar-refractivity contribution in [3.8, 4) is 11.1 Å². The van der Waals surface area contributed by atoms with Crippen LogP contribution in [0.4, 0.5) is 10.1 Å². The molecule has 5 nitrogen and oxygen atoms in total. The van der Waals surface area contributed by atoms with Crippen molar-refractivity contribution < 1.29 is 19.1 Å². The van der Waals surface area contributed by atoms with Gasteiger partial charge in [0.15, 0.2) is 0 Å². The van der Waals surface area contributed by atoms with Crippen molar-refractivity contribution in [1.29, 1.82) is 0 Å². The van der Waals surface area contributed by atoms with Crippen molar-refractivity contribution in [3.63, 3.8) is 0 Å². The summed E-state index contributed by atoms with van der Waals surface area (Å²) < 4.78 is 14.1. The molecule has 2 N–H and O–H groups in total. The van der Waals surface area contributed by atoms with E-state index in [1.807, 2.05) is 49.4 Å². The smallest absolute Gasteiger partial charge is 0.303 e. The van der Waals surface area contributed by atoms with Crippen LogP contribution in [0.1, 0.15) is 54.7 Å². The van der Waals surface area contributed by atoms with Crippen LogP contribution in [0, 0.1) is 18.8 Å². The molecule has 34 heavy (non-hydrogen) atoms. The monoisotopic (exact) mass is 460 g/mol. The minimum Gasteiger partial charge on any atom is -0.481 e. The molecular formula is C28H29FN2O3. The van der Waals surface area contributed by atoms with E-state index < -0.39 is 11.9 Å². The second kappa shape index (κ2) is 10.6. The van der Waals surface area contributed by atoms with E-state index >= 15 is 0 Å². The standard InChI is InChI=1S/C28H29FN2O3/c1-18-19(15-16-25(32)33)8-4-10-24(18)31-28(34)26(21-6-2-3-7-21)22-13-11-20(12-14-22)23-9-5-17-30-27(23)29/h4-5,8-14,17,21,26H,2-3,6-7,15-16H2,1H3,(H,31,34)(H,32,33)/t26-/m1/s1. The van der Waals surface area contributed by atoms with Crippen LogP contribution in [-0.4, -0.2) is 22.0 Å². The lowest BCUT2D eigenvalue weighted by Crippen LogP contribution is -2.27. The van der Waals surface area contributed by atoms with Gasteiger partial charge in [-0.3, -0.25) is 9.59 Å². The fraction of sp³-hybridized carbons (Fsp3) is 0.321. The molecule has 0 unspecified atom stereocenters. The third kappa shape index (κ3) is 5.33. The predicted molar refractivity (Wildman–Crippen MR) is 130 cm³/mol. The van der Waals surface area contributed by atoms with E-state index in [2.05, 4.69) is 10.3 Å². The van der Waals surface area contributed by atoms with Crippen molar-refractivity contribution in [3.05, 3.63) is 83.4 Å². The molecule has 3 aromatic rings. The van der Waals surface area contributed by atoms with Crippen LogP contribution in [-0.2, 0) is 16.0 Å². The highest BCUT2D eigenvalue weighted by atomic mass is 19.1. The molecule has 0 radical (unpaired) electrons. The van der Waals surface area contributed by atoms with Gasteiger partial charge in [-0.05, 0) is 72.6 Å². The van der Waals surface area contributed by atoms with Gasteiger partial charge in [0, 0.05) is 23.9 Å². The number of carboxylic acid groups (broad SMARTS) is 1. The number of hydrogen-bond acceptors (Lipinski definition) is 3. The summed E-state index contributed by atoms with van der Waals surface area (Å²) in [5.41, 5.74) is 4.60. The van der Waals surface area contributed by atoms with Gasteiger partial charge in [-0.25, -0.2) is 4.98 Å². The molecule has 1 aromatic heterocycles. The molecule has 2 aromatic carbocycles. The number of hydrogen-bond donors (Lipinski definition) is 2. The van der Waals surface area contributed by atoms with E-state index in [-0.39, 0.29) is 24.2 Å². The van der Waals surface area contributed by atoms with Gasteiger partial charge >= 0.3 is 5.97 Å². The number of carbonyl (C=O) groups excluding carboxylic acids is 1. The number of anilines is 1. The van der Waals surface area contributed by atoms with Crippen LogP contribution in [0.5, 0.6) is 0 Å². The Bertz CT molecular complexity index is 1170. The van der Waals surface area contributed by atoms with Crippen LogP contribution < -0.4 is 5.32 Å². The molecule has 4 rings (SSSR count). The van der Waals surface area contributed by atoms with Crippen LogP contribution in [0.3, 0.4) is 0 Å². The first kappa shape index (κ1) is 23.6. The van der Waals surface area contributed by atoms with Gasteiger partial charge < -0.3 is 10.4 Å². The Morgan fingerprint density at radius 2 is 1.82 bits per heavy atom. The zero-order valence-corrected chi connectivity index (χ0v) is 19.3. The number of aliphatic carboxylic acids is 1. The highest BCUT2D eigenvalue weighted by molar-refractivity contribution is 5.97. The number of halogens is 1. The van der Waals surface area contributed by atoms with E-state index in [0.717, 1.165) is 47.9 Å². The summed E-state index contributed by atoms with van der Waals surface area (Å²) in [5.74, 6) is -1.48. The Balaban J connectivity index is 1.59. The maximum absolute atomic E-state index is 14.1. The van der Waals surface area contributed by atoms with Gasteiger partial charge in [-0.1, -0.05) is 49.2 Å². The zero-order valence-electron chi connectivity index (χ0n) is 19.3. The number of benzene rings is 2. The molecule has 0 bridgehead atoms. The van der Waals surface area contributed by atoms with E-state index in [0.29, 0.717) is 17.7 Å². The molecule has 1 saturated carbocycles. The van der Waals surface area contributed by atoms with Crippen molar-refractivity contribution in [2.75, 3.05) is 5.32 Å². The van der Waals surface area contributed by atoms with Crippen molar-refractivity contribution >= 4 is 17.6 Å². The first-order valence-electron chi connectivity index (χ1n) is 11.8. The van der Waals surface area contributed by atoms with Crippen LogP contribution in [0.2, 0.25) is 0 Å². The first-order valence-corrected chi connectivity index (χ1v) is 11.8. The average molecular weight is 461 g/mol. The topological polar surface area (TPSA) is 79.3 Å². The summed E-state index contributed by atoms with van der Waals surface area (Å²) in [6, 6.07) is 16.5. The second-order valence-electron chi connectivity index (χ2n) is 8.96. The lowest BCUT2D eigenvalue weighted by atomic mass is 9.83. The SMILES string of the molecule is Cc1c(CCC(=O)O)cccc1NC(=O)[C@@H](c1ccc(-c2cccnc2F)cc1)C1CCCC1. The quantitative estimate of drug-likeness (QED) is 0.397.